The van der Waals surface area contributed by atoms with Gasteiger partial charge in [0.1, 0.15) is 24.0 Å². The zero-order valence-electron chi connectivity index (χ0n) is 24.2. The van der Waals surface area contributed by atoms with E-state index in [1.54, 1.807) is 56.3 Å². The maximum absolute atomic E-state index is 15.7. The Hall–Kier alpha value is -3.05. The maximum atomic E-state index is 15.7. The van der Waals surface area contributed by atoms with Crippen LogP contribution in [0.4, 0.5) is 4.39 Å². The zero-order valence-corrected chi connectivity index (χ0v) is 25.9. The maximum Gasteiger partial charge on any atom is 0.459 e. The van der Waals surface area contributed by atoms with Crippen molar-refractivity contribution in [1.82, 2.24) is 9.99 Å². The molecule has 1 fully saturated rings. The van der Waals surface area contributed by atoms with Crippen molar-refractivity contribution in [2.24, 2.45) is 0 Å². The van der Waals surface area contributed by atoms with Gasteiger partial charge in [0.2, 0.25) is 5.91 Å². The van der Waals surface area contributed by atoms with Crippen molar-refractivity contribution in [3.63, 3.8) is 0 Å². The summed E-state index contributed by atoms with van der Waals surface area (Å²) in [7, 11) is -4.37. The minimum absolute atomic E-state index is 0.0306. The molecular weight excluding hydrogens is 602 g/mol. The van der Waals surface area contributed by atoms with Gasteiger partial charge in [0.05, 0.1) is 19.1 Å². The number of amides is 1. The molecular formula is C30H35ClFN2O8P. The Labute approximate surface area is 255 Å². The number of halogens is 2. The third-order valence-corrected chi connectivity index (χ3v) is 8.69. The molecule has 2 aliphatic heterocycles. The van der Waals surface area contributed by atoms with Gasteiger partial charge in [-0.1, -0.05) is 42.4 Å². The van der Waals surface area contributed by atoms with Crippen molar-refractivity contribution in [1.29, 1.82) is 0 Å². The topological polar surface area (TPSA) is 124 Å². The fraction of sp³-hybridized carbons (Fsp3) is 0.400. The van der Waals surface area contributed by atoms with Gasteiger partial charge < -0.3 is 19.1 Å². The summed E-state index contributed by atoms with van der Waals surface area (Å²) in [5.74, 6) is -1.02. The molecule has 0 bridgehead atoms. The molecule has 0 saturated carbocycles. The number of benzene rings is 2. The average Bonchev–Trinajstić information content (AvgIpc) is 3.15. The molecule has 2 N–H and O–H groups in total. The van der Waals surface area contributed by atoms with E-state index < -0.39 is 62.5 Å². The molecule has 2 aromatic rings. The fourth-order valence-corrected chi connectivity index (χ4v) is 6.27. The largest absolute Gasteiger partial charge is 0.462 e. The molecule has 0 aliphatic carbocycles. The monoisotopic (exact) mass is 636 g/mol. The molecule has 1 unspecified atom stereocenters. The standard InChI is InChI=1S/C30H35ClFN2O8P/c1-18(2)40-28(37)20(4)33-43(38,42-24-11-9-21(10-12-24)22-7-6-8-23(31)16-22)39-17-25-27(36)30(5,32)29(41-25)34-14-13-19(3)15-26(34)35/h6-14,16,18,20,25,27,29,36H,3,15,17H2,1-2,4-5H3,(H,33,38)/t20-,25+,27+,29+,30+,43?/m0/s1. The van der Waals surface area contributed by atoms with Crippen LogP contribution in [0.15, 0.2) is 73.0 Å². The summed E-state index contributed by atoms with van der Waals surface area (Å²) in [6.45, 7) is 8.98. The van der Waals surface area contributed by atoms with Gasteiger partial charge in [-0.05, 0) is 74.7 Å². The van der Waals surface area contributed by atoms with Gasteiger partial charge in [0.15, 0.2) is 11.9 Å². The Morgan fingerprint density at radius 1 is 1.26 bits per heavy atom. The number of ether oxygens (including phenoxy) is 2. The molecule has 0 aromatic heterocycles. The summed E-state index contributed by atoms with van der Waals surface area (Å²) in [5.41, 5.74) is -0.178. The predicted octanol–water partition coefficient (Wildman–Crippen LogP) is 5.56. The van der Waals surface area contributed by atoms with Gasteiger partial charge >= 0.3 is 13.7 Å². The Kier molecular flexibility index (Phi) is 10.2. The summed E-state index contributed by atoms with van der Waals surface area (Å²) in [5, 5.41) is 13.9. The predicted molar refractivity (Wildman–Crippen MR) is 159 cm³/mol. The van der Waals surface area contributed by atoms with Gasteiger partial charge in [-0.2, -0.15) is 5.09 Å². The van der Waals surface area contributed by atoms with Crippen LogP contribution in [-0.2, 0) is 28.2 Å². The van der Waals surface area contributed by atoms with Crippen LogP contribution in [0.5, 0.6) is 5.75 Å². The van der Waals surface area contributed by atoms with Crippen molar-refractivity contribution >= 4 is 31.2 Å². The molecule has 1 amide bonds. The van der Waals surface area contributed by atoms with Crippen LogP contribution >= 0.6 is 19.3 Å². The number of esters is 1. The van der Waals surface area contributed by atoms with E-state index in [1.165, 1.54) is 13.1 Å². The number of aliphatic hydroxyl groups is 1. The number of carbonyl (C=O) groups is 2. The van der Waals surface area contributed by atoms with Gasteiger partial charge in [0, 0.05) is 11.2 Å². The lowest BCUT2D eigenvalue weighted by molar-refractivity contribution is -0.149. The molecule has 43 heavy (non-hydrogen) atoms. The molecule has 2 heterocycles. The second kappa shape index (κ2) is 13.3. The van der Waals surface area contributed by atoms with Crippen molar-refractivity contribution < 1.29 is 42.2 Å². The third-order valence-electron chi connectivity index (χ3n) is 6.81. The van der Waals surface area contributed by atoms with Crippen LogP contribution < -0.4 is 9.61 Å². The van der Waals surface area contributed by atoms with Crippen molar-refractivity contribution in [2.75, 3.05) is 6.61 Å². The number of hydrogen-bond acceptors (Lipinski definition) is 8. The first-order valence-electron chi connectivity index (χ1n) is 13.7. The number of aliphatic hydroxyl groups excluding tert-OH is 1. The SMILES string of the molecule is C=C1C=CN([C@@H]2O[C@H](COP(=O)(N[C@@H](C)C(=O)OC(C)C)Oc3ccc(-c4cccc(Cl)c4)cc3)[C@@H](O)[C@@]2(C)F)C(=O)C1. The van der Waals surface area contributed by atoms with E-state index in [1.807, 2.05) is 12.1 Å². The number of hydrogen-bond donors (Lipinski definition) is 2. The second-order valence-electron chi connectivity index (χ2n) is 10.8. The summed E-state index contributed by atoms with van der Waals surface area (Å²) < 4.78 is 52.0. The van der Waals surface area contributed by atoms with E-state index in [4.69, 9.17) is 30.1 Å². The van der Waals surface area contributed by atoms with E-state index in [-0.39, 0.29) is 12.2 Å². The van der Waals surface area contributed by atoms with Crippen molar-refractivity contribution in [2.45, 2.75) is 70.4 Å². The lowest BCUT2D eigenvalue weighted by Crippen LogP contribution is -2.51. The number of rotatable bonds is 11. The molecule has 2 aliphatic rings. The van der Waals surface area contributed by atoms with E-state index in [2.05, 4.69) is 11.7 Å². The van der Waals surface area contributed by atoms with E-state index in [9.17, 15) is 19.3 Å². The van der Waals surface area contributed by atoms with Crippen LogP contribution in [0.2, 0.25) is 5.02 Å². The minimum Gasteiger partial charge on any atom is -0.462 e. The summed E-state index contributed by atoms with van der Waals surface area (Å²) in [4.78, 5) is 26.1. The van der Waals surface area contributed by atoms with Gasteiger partial charge in [0.25, 0.3) is 0 Å². The number of alkyl halides is 1. The molecule has 6 atom stereocenters. The highest BCUT2D eigenvalue weighted by atomic mass is 35.5. The first kappa shape index (κ1) is 32.9. The van der Waals surface area contributed by atoms with E-state index in [0.29, 0.717) is 10.6 Å². The first-order valence-corrected chi connectivity index (χ1v) is 15.6. The molecule has 2 aromatic carbocycles. The first-order chi connectivity index (χ1) is 20.2. The molecule has 0 radical (unpaired) electrons. The molecule has 10 nitrogen and oxygen atoms in total. The molecule has 1 saturated heterocycles. The Morgan fingerprint density at radius 2 is 1.95 bits per heavy atom. The van der Waals surface area contributed by atoms with Gasteiger partial charge in [-0.25, -0.2) is 8.96 Å². The summed E-state index contributed by atoms with van der Waals surface area (Å²) in [6, 6.07) is 12.7. The number of allylic oxidation sites excluding steroid dienone is 1. The van der Waals surface area contributed by atoms with Crippen LogP contribution in [-0.4, -0.2) is 64.7 Å². The highest BCUT2D eigenvalue weighted by Crippen LogP contribution is 2.47. The van der Waals surface area contributed by atoms with E-state index >= 15 is 4.39 Å². The van der Waals surface area contributed by atoms with Crippen LogP contribution in [0, 0.1) is 0 Å². The lowest BCUT2D eigenvalue weighted by atomic mass is 9.97. The number of nitrogens with zero attached hydrogens (tertiary/aromatic N) is 1. The minimum atomic E-state index is -4.37. The number of nitrogens with one attached hydrogen (secondary N) is 1. The summed E-state index contributed by atoms with van der Waals surface area (Å²) >= 11 is 6.10. The smallest absolute Gasteiger partial charge is 0.459 e. The van der Waals surface area contributed by atoms with Crippen molar-refractivity contribution in [3.05, 3.63) is 78.0 Å². The Balaban J connectivity index is 1.53. The van der Waals surface area contributed by atoms with Gasteiger partial charge in [-0.3, -0.25) is 19.0 Å². The summed E-state index contributed by atoms with van der Waals surface area (Å²) in [6.07, 6.45) is -2.12. The Bertz CT molecular complexity index is 1430. The Morgan fingerprint density at radius 3 is 2.58 bits per heavy atom. The van der Waals surface area contributed by atoms with Crippen LogP contribution in [0.1, 0.15) is 34.1 Å². The molecule has 4 rings (SSSR count). The van der Waals surface area contributed by atoms with E-state index in [0.717, 1.165) is 23.0 Å². The fourth-order valence-electron chi connectivity index (χ4n) is 4.57. The molecule has 232 valence electrons. The van der Waals surface area contributed by atoms with Crippen LogP contribution in [0.25, 0.3) is 11.1 Å². The van der Waals surface area contributed by atoms with Crippen LogP contribution in [0.3, 0.4) is 0 Å². The van der Waals surface area contributed by atoms with Gasteiger partial charge in [-0.15, -0.1) is 0 Å². The quantitative estimate of drug-likeness (QED) is 0.241. The number of carbonyl (C=O) groups excluding carboxylic acids is 2. The lowest BCUT2D eigenvalue weighted by Gasteiger charge is -2.33. The average molecular weight is 637 g/mol. The normalized spacial score (nSPS) is 26.0. The highest BCUT2D eigenvalue weighted by Gasteiger charge is 2.57. The van der Waals surface area contributed by atoms with Crippen molar-refractivity contribution in [3.8, 4) is 16.9 Å². The third kappa shape index (κ3) is 7.92. The second-order valence-corrected chi connectivity index (χ2v) is 13.0. The highest BCUT2D eigenvalue weighted by molar-refractivity contribution is 7.52. The molecule has 13 heteroatoms. The zero-order chi connectivity index (χ0) is 31.5. The molecule has 0 spiro atoms.